The third kappa shape index (κ3) is 4.71. The Kier molecular flexibility index (Phi) is 6.24. The Labute approximate surface area is 173 Å². The van der Waals surface area contributed by atoms with Crippen molar-refractivity contribution >= 4 is 37.9 Å². The molecule has 9 nitrogen and oxygen atoms in total. The van der Waals surface area contributed by atoms with Gasteiger partial charge in [-0.05, 0) is 12.1 Å². The fourth-order valence-electron chi connectivity index (χ4n) is 2.20. The number of hydrogen-bond donors (Lipinski definition) is 2. The summed E-state index contributed by atoms with van der Waals surface area (Å²) in [5.74, 6) is -1.67. The van der Waals surface area contributed by atoms with E-state index in [0.717, 1.165) is 34.9 Å². The van der Waals surface area contributed by atoms with Crippen molar-refractivity contribution in [2.45, 2.75) is 34.0 Å². The van der Waals surface area contributed by atoms with Crippen LogP contribution in [0.4, 0.5) is 37.2 Å². The molecule has 0 aliphatic heterocycles. The van der Waals surface area contributed by atoms with E-state index in [1.54, 1.807) is 0 Å². The predicted octanol–water partition coefficient (Wildman–Crippen LogP) is 3.25. The summed E-state index contributed by atoms with van der Waals surface area (Å²) in [5, 5.41) is 11.3. The summed E-state index contributed by atoms with van der Waals surface area (Å²) in [4.78, 5) is 23.6. The lowest BCUT2D eigenvalue weighted by atomic mass is 10.1. The van der Waals surface area contributed by atoms with Gasteiger partial charge in [0, 0.05) is 19.1 Å². The van der Waals surface area contributed by atoms with Crippen LogP contribution in [0.3, 0.4) is 0 Å². The summed E-state index contributed by atoms with van der Waals surface area (Å²) in [6.07, 6.45) is -11.7. The third-order valence-electron chi connectivity index (χ3n) is 3.62. The normalized spacial score (nSPS) is 13.0. The van der Waals surface area contributed by atoms with Gasteiger partial charge in [0.15, 0.2) is 5.13 Å². The zero-order valence-corrected chi connectivity index (χ0v) is 16.5. The van der Waals surface area contributed by atoms with E-state index in [1.165, 1.54) is 0 Å². The molecule has 0 fully saturated rings. The van der Waals surface area contributed by atoms with Gasteiger partial charge in [-0.1, -0.05) is 11.3 Å². The van der Waals surface area contributed by atoms with Crippen molar-refractivity contribution in [2.24, 2.45) is 0 Å². The fraction of sp³-hybridized carbons (Fsp3) is 0.286. The Morgan fingerprint density at radius 1 is 1.10 bits per heavy atom. The first-order valence-electron chi connectivity index (χ1n) is 7.67. The largest absolute Gasteiger partial charge is 0.439 e. The van der Waals surface area contributed by atoms with Gasteiger partial charge in [0.1, 0.15) is 4.21 Å². The molecule has 0 spiro atoms. The standard InChI is InChI=1S/C14H10F6N4O5S2/c1-7(25)22-12(13(15,16)17,14(18,19)20)23-11-21-6-10(30-11)31(28,29)9-4-2-8(3-5-9)24(26)27/h2-6H,1H3,(H,21,23)(H,22,25). The van der Waals surface area contributed by atoms with Gasteiger partial charge in [-0.15, -0.1) is 0 Å². The molecule has 0 bridgehead atoms. The van der Waals surface area contributed by atoms with Crippen molar-refractivity contribution in [2.75, 3.05) is 5.32 Å². The summed E-state index contributed by atoms with van der Waals surface area (Å²) in [6.45, 7) is 0.431. The van der Waals surface area contributed by atoms with E-state index in [4.69, 9.17) is 0 Å². The van der Waals surface area contributed by atoms with Gasteiger partial charge >= 0.3 is 18.0 Å². The molecule has 0 radical (unpaired) electrons. The van der Waals surface area contributed by atoms with E-state index in [1.807, 2.05) is 0 Å². The summed E-state index contributed by atoms with van der Waals surface area (Å²) >= 11 is -0.0640. The zero-order chi connectivity index (χ0) is 23.8. The number of benzene rings is 1. The molecule has 0 aliphatic carbocycles. The number of rotatable bonds is 6. The number of nitrogens with zero attached hydrogens (tertiary/aromatic N) is 2. The number of anilines is 1. The van der Waals surface area contributed by atoms with E-state index in [9.17, 15) is 49.7 Å². The van der Waals surface area contributed by atoms with Crippen LogP contribution < -0.4 is 10.6 Å². The average Bonchev–Trinajstić information content (AvgIpc) is 3.08. The lowest BCUT2D eigenvalue weighted by Gasteiger charge is -2.37. The van der Waals surface area contributed by atoms with E-state index >= 15 is 0 Å². The van der Waals surface area contributed by atoms with E-state index in [-0.39, 0.29) is 11.3 Å². The smallest absolute Gasteiger partial charge is 0.324 e. The Morgan fingerprint density at radius 2 is 1.61 bits per heavy atom. The van der Waals surface area contributed by atoms with Crippen LogP contribution in [-0.4, -0.2) is 42.2 Å². The summed E-state index contributed by atoms with van der Waals surface area (Å²) in [7, 11) is -4.47. The molecule has 170 valence electrons. The van der Waals surface area contributed by atoms with Gasteiger partial charge in [0.05, 0.1) is 16.0 Å². The molecule has 1 amide bonds. The highest BCUT2D eigenvalue weighted by atomic mass is 32.2. The second-order valence-electron chi connectivity index (χ2n) is 5.79. The predicted molar refractivity (Wildman–Crippen MR) is 92.9 cm³/mol. The summed E-state index contributed by atoms with van der Waals surface area (Å²) < 4.78 is 104. The Morgan fingerprint density at radius 3 is 2.03 bits per heavy atom. The Bertz CT molecular complexity index is 1080. The van der Waals surface area contributed by atoms with E-state index in [2.05, 4.69) is 4.98 Å². The molecule has 31 heavy (non-hydrogen) atoms. The quantitative estimate of drug-likeness (QED) is 0.274. The van der Waals surface area contributed by atoms with Gasteiger partial charge in [0.2, 0.25) is 15.7 Å². The number of alkyl halides is 6. The molecule has 2 rings (SSSR count). The van der Waals surface area contributed by atoms with Crippen molar-refractivity contribution in [1.29, 1.82) is 0 Å². The van der Waals surface area contributed by atoms with Crippen molar-refractivity contribution in [3.05, 3.63) is 40.6 Å². The Hall–Kier alpha value is -2.95. The van der Waals surface area contributed by atoms with Crippen LogP contribution in [0, 0.1) is 10.1 Å². The molecule has 0 unspecified atom stereocenters. The van der Waals surface area contributed by atoms with Gasteiger partial charge in [0.25, 0.3) is 5.69 Å². The highest BCUT2D eigenvalue weighted by molar-refractivity contribution is 7.93. The minimum absolute atomic E-state index is 0.0640. The number of nitrogens with one attached hydrogen (secondary N) is 2. The molecule has 1 aromatic heterocycles. The van der Waals surface area contributed by atoms with Crippen LogP contribution in [0.2, 0.25) is 0 Å². The van der Waals surface area contributed by atoms with Crippen molar-refractivity contribution in [3.8, 4) is 0 Å². The van der Waals surface area contributed by atoms with Crippen LogP contribution >= 0.6 is 11.3 Å². The SMILES string of the molecule is CC(=O)NC(Nc1ncc(S(=O)(=O)c2ccc([N+](=O)[O-])cc2)s1)(C(F)(F)F)C(F)(F)F. The molecule has 17 heteroatoms. The van der Waals surface area contributed by atoms with Crippen molar-refractivity contribution in [1.82, 2.24) is 10.3 Å². The number of hydrogen-bond acceptors (Lipinski definition) is 8. The number of halogens is 6. The first-order valence-corrected chi connectivity index (χ1v) is 9.97. The molecule has 0 aliphatic rings. The zero-order valence-electron chi connectivity index (χ0n) is 14.9. The maximum Gasteiger partial charge on any atom is 0.439 e. The molecular weight excluding hydrogens is 482 g/mol. The maximum absolute atomic E-state index is 13.3. The number of aromatic nitrogens is 1. The van der Waals surface area contributed by atoms with Gasteiger partial charge in [-0.3, -0.25) is 14.9 Å². The highest BCUT2D eigenvalue weighted by Crippen LogP contribution is 2.44. The second-order valence-corrected chi connectivity index (χ2v) is 9.00. The molecule has 1 aromatic carbocycles. The van der Waals surface area contributed by atoms with E-state index in [0.29, 0.717) is 13.1 Å². The molecule has 0 atom stereocenters. The minimum Gasteiger partial charge on any atom is -0.324 e. The highest BCUT2D eigenvalue weighted by Gasteiger charge is 2.72. The monoisotopic (exact) mass is 492 g/mol. The first-order chi connectivity index (χ1) is 14.0. The van der Waals surface area contributed by atoms with Crippen molar-refractivity contribution in [3.63, 3.8) is 0 Å². The third-order valence-corrected chi connectivity index (χ3v) is 6.76. The second kappa shape index (κ2) is 7.95. The molecule has 0 saturated heterocycles. The van der Waals surface area contributed by atoms with Gasteiger partial charge in [-0.25, -0.2) is 13.4 Å². The lowest BCUT2D eigenvalue weighted by molar-refractivity contribution is -0.384. The Balaban J connectivity index is 2.47. The number of nitro groups is 1. The minimum atomic E-state index is -6.08. The fourth-order valence-corrected chi connectivity index (χ4v) is 4.69. The van der Waals surface area contributed by atoms with Gasteiger partial charge in [-0.2, -0.15) is 26.3 Å². The molecule has 0 saturated carbocycles. The average molecular weight is 492 g/mol. The van der Waals surface area contributed by atoms with E-state index < -0.39 is 58.6 Å². The van der Waals surface area contributed by atoms with Crippen LogP contribution in [0.15, 0.2) is 39.6 Å². The summed E-state index contributed by atoms with van der Waals surface area (Å²) in [5.41, 5.74) is -5.38. The van der Waals surface area contributed by atoms with Crippen LogP contribution in [0.5, 0.6) is 0 Å². The number of sulfone groups is 1. The lowest BCUT2D eigenvalue weighted by Crippen LogP contribution is -2.71. The topological polar surface area (TPSA) is 131 Å². The molecule has 2 aromatic rings. The van der Waals surface area contributed by atoms with Crippen LogP contribution in [-0.2, 0) is 14.6 Å². The number of carbonyl (C=O) groups excluding carboxylic acids is 1. The first kappa shape index (κ1) is 24.3. The van der Waals surface area contributed by atoms with Crippen LogP contribution in [0.25, 0.3) is 0 Å². The number of non-ortho nitro benzene ring substituents is 1. The summed E-state index contributed by atoms with van der Waals surface area (Å²) in [6, 6.07) is 3.38. The number of nitro benzene ring substituents is 1. The van der Waals surface area contributed by atoms with Crippen LogP contribution in [0.1, 0.15) is 6.92 Å². The van der Waals surface area contributed by atoms with Crippen molar-refractivity contribution < 1.29 is 44.5 Å². The maximum atomic E-state index is 13.3. The molecular formula is C14H10F6N4O5S2. The molecule has 1 heterocycles. The molecule has 2 N–H and O–H groups in total. The number of amides is 1. The number of carbonyl (C=O) groups is 1. The number of thiazole rings is 1. The van der Waals surface area contributed by atoms with Gasteiger partial charge < -0.3 is 10.6 Å².